The Morgan fingerprint density at radius 2 is 1.56 bits per heavy atom. The van der Waals surface area contributed by atoms with Crippen molar-refractivity contribution in [2.45, 2.75) is 11.6 Å². The van der Waals surface area contributed by atoms with Crippen molar-refractivity contribution in [1.29, 1.82) is 0 Å². The van der Waals surface area contributed by atoms with Gasteiger partial charge in [-0.05, 0) is 35.4 Å². The molecule has 9 nitrogen and oxygen atoms in total. The quantitative estimate of drug-likeness (QED) is 0.490. The van der Waals surface area contributed by atoms with Gasteiger partial charge < -0.3 is 30.1 Å². The van der Waals surface area contributed by atoms with Gasteiger partial charge >= 0.3 is 6.03 Å². The van der Waals surface area contributed by atoms with E-state index in [0.717, 1.165) is 0 Å². The van der Waals surface area contributed by atoms with Crippen LogP contribution in [0.3, 0.4) is 0 Å². The topological polar surface area (TPSA) is 137 Å². The van der Waals surface area contributed by atoms with Gasteiger partial charge in [0, 0.05) is 0 Å². The zero-order chi connectivity index (χ0) is 19.8. The van der Waals surface area contributed by atoms with Crippen LogP contribution < -0.4 is 20.1 Å². The van der Waals surface area contributed by atoms with Gasteiger partial charge in [-0.2, -0.15) is 0 Å². The van der Waals surface area contributed by atoms with Crippen molar-refractivity contribution >= 4 is 11.9 Å². The van der Waals surface area contributed by atoms with E-state index in [1.807, 2.05) is 0 Å². The van der Waals surface area contributed by atoms with E-state index in [0.29, 0.717) is 0 Å². The molecule has 0 bridgehead atoms. The Labute approximate surface area is 154 Å². The number of aliphatic hydroxyl groups is 1. The fourth-order valence-corrected chi connectivity index (χ4v) is 3.06. The van der Waals surface area contributed by atoms with E-state index in [2.05, 4.69) is 10.6 Å². The van der Waals surface area contributed by atoms with Gasteiger partial charge in [-0.3, -0.25) is 10.1 Å². The van der Waals surface area contributed by atoms with Crippen LogP contribution in [0.5, 0.6) is 23.0 Å². The second-order valence-corrected chi connectivity index (χ2v) is 5.94. The van der Waals surface area contributed by atoms with Gasteiger partial charge in [0.2, 0.25) is 0 Å². The van der Waals surface area contributed by atoms with E-state index < -0.39 is 23.6 Å². The van der Waals surface area contributed by atoms with Crippen LogP contribution in [0.15, 0.2) is 36.4 Å². The first-order chi connectivity index (χ1) is 12.8. The van der Waals surface area contributed by atoms with E-state index in [1.165, 1.54) is 50.6 Å². The molecule has 2 aromatic carbocycles. The summed E-state index contributed by atoms with van der Waals surface area (Å²) in [6.07, 6.45) is -1.53. The van der Waals surface area contributed by atoms with Crippen LogP contribution in [0.2, 0.25) is 0 Å². The molecule has 1 unspecified atom stereocenters. The number of urea groups is 1. The van der Waals surface area contributed by atoms with E-state index in [4.69, 9.17) is 9.47 Å². The number of aliphatic hydroxyl groups excluding tert-OH is 1. The maximum Gasteiger partial charge on any atom is 0.322 e. The largest absolute Gasteiger partial charge is 0.504 e. The average Bonchev–Trinajstić information content (AvgIpc) is 2.96. The maximum absolute atomic E-state index is 12.7. The summed E-state index contributed by atoms with van der Waals surface area (Å²) in [5.74, 6) is -0.929. The lowest BCUT2D eigenvalue weighted by molar-refractivity contribution is -0.128. The third kappa shape index (κ3) is 2.87. The number of amides is 3. The summed E-state index contributed by atoms with van der Waals surface area (Å²) >= 11 is 0. The third-order valence-corrected chi connectivity index (χ3v) is 4.46. The van der Waals surface area contributed by atoms with Gasteiger partial charge in [0.15, 0.2) is 28.5 Å². The Bertz CT molecular complexity index is 915. The van der Waals surface area contributed by atoms with Crippen molar-refractivity contribution in [2.75, 3.05) is 14.2 Å². The number of phenolic OH excluding ortho intramolecular Hbond substituents is 2. The molecular formula is C18H18N2O7. The summed E-state index contributed by atoms with van der Waals surface area (Å²) in [5.41, 5.74) is -1.46. The first-order valence-electron chi connectivity index (χ1n) is 7.89. The second-order valence-electron chi connectivity index (χ2n) is 5.94. The molecule has 1 aliphatic rings. The van der Waals surface area contributed by atoms with Crippen LogP contribution in [0, 0.1) is 0 Å². The van der Waals surface area contributed by atoms with Gasteiger partial charge in [0.1, 0.15) is 6.10 Å². The number of nitrogens with one attached hydrogen (secondary N) is 2. The molecule has 1 saturated heterocycles. The summed E-state index contributed by atoms with van der Waals surface area (Å²) in [5, 5.41) is 35.2. The monoisotopic (exact) mass is 374 g/mol. The van der Waals surface area contributed by atoms with Crippen molar-refractivity contribution in [3.05, 3.63) is 47.5 Å². The number of methoxy groups -OCH3 is 2. The number of carbonyl (C=O) groups is 2. The van der Waals surface area contributed by atoms with Gasteiger partial charge in [0.05, 0.1) is 14.2 Å². The molecule has 1 aliphatic heterocycles. The molecule has 3 amide bonds. The molecule has 2 aromatic rings. The Kier molecular flexibility index (Phi) is 4.54. The fraction of sp³-hybridized carbons (Fsp3) is 0.222. The van der Waals surface area contributed by atoms with Gasteiger partial charge in [-0.1, -0.05) is 12.1 Å². The molecule has 0 spiro atoms. The zero-order valence-electron chi connectivity index (χ0n) is 14.5. The van der Waals surface area contributed by atoms with Gasteiger partial charge in [0.25, 0.3) is 5.91 Å². The Morgan fingerprint density at radius 1 is 0.963 bits per heavy atom. The van der Waals surface area contributed by atoms with Crippen LogP contribution in [0.4, 0.5) is 4.79 Å². The lowest BCUT2D eigenvalue weighted by Crippen LogP contribution is -2.49. The molecule has 0 aromatic heterocycles. The summed E-state index contributed by atoms with van der Waals surface area (Å²) < 4.78 is 10.1. The highest BCUT2D eigenvalue weighted by Gasteiger charge is 2.54. The van der Waals surface area contributed by atoms with E-state index in [9.17, 15) is 24.9 Å². The molecule has 1 heterocycles. The van der Waals surface area contributed by atoms with Crippen molar-refractivity contribution in [2.24, 2.45) is 0 Å². The van der Waals surface area contributed by atoms with Gasteiger partial charge in [-0.25, -0.2) is 4.79 Å². The van der Waals surface area contributed by atoms with Crippen molar-refractivity contribution < 1.29 is 34.4 Å². The zero-order valence-corrected chi connectivity index (χ0v) is 14.5. The molecule has 3 rings (SSSR count). The SMILES string of the molecule is COc1cc(C(O)[C@]2(c3ccc(O)c(OC)c3)NC(=O)NC2=O)ccc1O. The minimum atomic E-state index is -1.87. The molecule has 1 fully saturated rings. The second kappa shape index (κ2) is 6.69. The van der Waals surface area contributed by atoms with E-state index in [-0.39, 0.29) is 34.1 Å². The number of hydrogen-bond acceptors (Lipinski definition) is 7. The van der Waals surface area contributed by atoms with Crippen LogP contribution >= 0.6 is 0 Å². The summed E-state index contributed by atoms with van der Waals surface area (Å²) in [7, 11) is 2.68. The third-order valence-electron chi connectivity index (χ3n) is 4.46. The molecule has 5 N–H and O–H groups in total. The van der Waals surface area contributed by atoms with Crippen LogP contribution in [-0.4, -0.2) is 41.5 Å². The number of benzene rings is 2. The number of imide groups is 1. The number of hydrogen-bond donors (Lipinski definition) is 5. The van der Waals surface area contributed by atoms with Crippen LogP contribution in [-0.2, 0) is 10.3 Å². The molecule has 2 atom stereocenters. The molecule has 0 saturated carbocycles. The molecule has 9 heteroatoms. The summed E-state index contributed by atoms with van der Waals surface area (Å²) in [6.45, 7) is 0. The first-order valence-corrected chi connectivity index (χ1v) is 7.89. The average molecular weight is 374 g/mol. The molecular weight excluding hydrogens is 356 g/mol. The molecule has 0 radical (unpaired) electrons. The number of carbonyl (C=O) groups excluding carboxylic acids is 2. The van der Waals surface area contributed by atoms with Gasteiger partial charge in [-0.15, -0.1) is 0 Å². The van der Waals surface area contributed by atoms with Crippen molar-refractivity contribution in [3.63, 3.8) is 0 Å². The predicted octanol–water partition coefficient (Wildman–Crippen LogP) is 0.883. The number of rotatable bonds is 5. The van der Waals surface area contributed by atoms with Crippen molar-refractivity contribution in [3.8, 4) is 23.0 Å². The van der Waals surface area contributed by atoms with Crippen LogP contribution in [0.25, 0.3) is 0 Å². The standard InChI is InChI=1S/C18H18N2O7/c1-26-13-7-9(3-5-11(13)21)15(23)18(16(24)19-17(25)20-18)10-4-6-12(22)14(8-10)27-2/h3-8,15,21-23H,1-2H3,(H2,19,20,24,25)/t15?,18-/m0/s1. The Morgan fingerprint density at radius 3 is 2.11 bits per heavy atom. The molecule has 27 heavy (non-hydrogen) atoms. The Hall–Kier alpha value is -3.46. The number of phenols is 2. The maximum atomic E-state index is 12.7. The van der Waals surface area contributed by atoms with Crippen molar-refractivity contribution in [1.82, 2.24) is 10.6 Å². The number of aromatic hydroxyl groups is 2. The number of ether oxygens (including phenoxy) is 2. The minimum absolute atomic E-state index is 0.0660. The highest BCUT2D eigenvalue weighted by Crippen LogP contribution is 2.42. The lowest BCUT2D eigenvalue weighted by atomic mass is 9.81. The normalized spacial score (nSPS) is 20.0. The Balaban J connectivity index is 2.17. The predicted molar refractivity (Wildman–Crippen MR) is 92.6 cm³/mol. The fourth-order valence-electron chi connectivity index (χ4n) is 3.06. The van der Waals surface area contributed by atoms with Crippen LogP contribution in [0.1, 0.15) is 17.2 Å². The molecule has 0 aliphatic carbocycles. The summed E-state index contributed by atoms with van der Waals surface area (Å²) in [6, 6.07) is 7.31. The first kappa shape index (κ1) is 18.3. The van der Waals surface area contributed by atoms with E-state index in [1.54, 1.807) is 0 Å². The molecule has 142 valence electrons. The summed E-state index contributed by atoms with van der Waals surface area (Å²) in [4.78, 5) is 24.6. The van der Waals surface area contributed by atoms with E-state index >= 15 is 0 Å². The minimum Gasteiger partial charge on any atom is -0.504 e. The lowest BCUT2D eigenvalue weighted by Gasteiger charge is -2.32. The highest BCUT2D eigenvalue weighted by atomic mass is 16.5. The highest BCUT2D eigenvalue weighted by molar-refractivity contribution is 6.08. The smallest absolute Gasteiger partial charge is 0.322 e.